The number of nitrogens with two attached hydrogens (primary N) is 1. The molecule has 1 aliphatic heterocycles. The molecule has 2 rings (SSSR count). The summed E-state index contributed by atoms with van der Waals surface area (Å²) in [7, 11) is 0. The number of pyridine rings is 1. The summed E-state index contributed by atoms with van der Waals surface area (Å²) in [6.45, 7) is 3.12. The van der Waals surface area contributed by atoms with Crippen molar-refractivity contribution in [2.45, 2.75) is 12.7 Å². The van der Waals surface area contributed by atoms with E-state index in [1.807, 2.05) is 19.1 Å². The van der Waals surface area contributed by atoms with Crippen LogP contribution in [0, 0.1) is 0 Å². The number of nitrogen functional groups attached to an aromatic ring is 1. The van der Waals surface area contributed by atoms with Crippen LogP contribution >= 0.6 is 0 Å². The third kappa shape index (κ3) is 1.57. The van der Waals surface area contributed by atoms with Gasteiger partial charge in [-0.25, -0.2) is 10.8 Å². The average molecular weight is 195 g/mol. The molecule has 1 fully saturated rings. The molecule has 0 bridgehead atoms. The Morgan fingerprint density at radius 2 is 2.21 bits per heavy atom. The first-order chi connectivity index (χ1) is 6.74. The van der Waals surface area contributed by atoms with Crippen LogP contribution in [-0.4, -0.2) is 18.2 Å². The largest absolute Gasteiger partial charge is 0.344 e. The number of anilines is 1. The van der Waals surface area contributed by atoms with E-state index in [0.717, 1.165) is 5.56 Å². The van der Waals surface area contributed by atoms with Crippen LogP contribution in [-0.2, 0) is 15.3 Å². The fourth-order valence-corrected chi connectivity index (χ4v) is 1.47. The second-order valence-corrected chi connectivity index (χ2v) is 3.22. The second kappa shape index (κ2) is 3.53. The van der Waals surface area contributed by atoms with Gasteiger partial charge in [-0.05, 0) is 19.1 Å². The van der Waals surface area contributed by atoms with E-state index >= 15 is 0 Å². The molecule has 2 heterocycles. The fourth-order valence-electron chi connectivity index (χ4n) is 1.47. The minimum absolute atomic E-state index is 0.600. The van der Waals surface area contributed by atoms with Crippen LogP contribution in [0.4, 0.5) is 5.82 Å². The van der Waals surface area contributed by atoms with Gasteiger partial charge in [0.1, 0.15) is 5.82 Å². The topological polar surface area (TPSA) is 69.4 Å². The van der Waals surface area contributed by atoms with E-state index in [9.17, 15) is 0 Å². The number of ether oxygens (including phenoxy) is 2. The van der Waals surface area contributed by atoms with Crippen LogP contribution in [0.25, 0.3) is 0 Å². The van der Waals surface area contributed by atoms with Gasteiger partial charge in [0.2, 0.25) is 0 Å². The van der Waals surface area contributed by atoms with Crippen LogP contribution in [0.3, 0.4) is 0 Å². The molecule has 0 amide bonds. The lowest BCUT2D eigenvalue weighted by Gasteiger charge is -2.22. The zero-order chi connectivity index (χ0) is 10.0. The monoisotopic (exact) mass is 195 g/mol. The number of rotatable bonds is 2. The van der Waals surface area contributed by atoms with Crippen LogP contribution < -0.4 is 11.3 Å². The van der Waals surface area contributed by atoms with E-state index in [4.69, 9.17) is 15.3 Å². The molecule has 0 saturated carbocycles. The molecule has 14 heavy (non-hydrogen) atoms. The maximum Gasteiger partial charge on any atom is 0.192 e. The number of nitrogens with one attached hydrogen (secondary N) is 1. The van der Waals surface area contributed by atoms with Gasteiger partial charge in [-0.2, -0.15) is 0 Å². The highest BCUT2D eigenvalue weighted by molar-refractivity contribution is 5.37. The molecule has 0 spiro atoms. The second-order valence-electron chi connectivity index (χ2n) is 3.22. The highest BCUT2D eigenvalue weighted by Crippen LogP contribution is 2.31. The van der Waals surface area contributed by atoms with Gasteiger partial charge in [-0.15, -0.1) is 0 Å². The standard InChI is InChI=1S/C9H13N3O2/c1-9(13-4-5-14-9)7-2-3-11-8(6-7)12-10/h2-3,6H,4-5,10H2,1H3,(H,11,12). The Balaban J connectivity index is 2.30. The molecule has 5 nitrogen and oxygen atoms in total. The molecule has 5 heteroatoms. The lowest BCUT2D eigenvalue weighted by molar-refractivity contribution is -0.149. The molecular weight excluding hydrogens is 182 g/mol. The Morgan fingerprint density at radius 3 is 2.86 bits per heavy atom. The number of nitrogens with zero attached hydrogens (tertiary/aromatic N) is 1. The summed E-state index contributed by atoms with van der Waals surface area (Å²) in [5.74, 6) is 5.21. The lowest BCUT2D eigenvalue weighted by atomic mass is 10.1. The molecule has 3 N–H and O–H groups in total. The van der Waals surface area contributed by atoms with E-state index in [0.29, 0.717) is 19.0 Å². The molecule has 0 aromatic carbocycles. The van der Waals surface area contributed by atoms with Crippen molar-refractivity contribution in [1.29, 1.82) is 0 Å². The van der Waals surface area contributed by atoms with E-state index in [2.05, 4.69) is 10.4 Å². The Kier molecular flexibility index (Phi) is 2.37. The van der Waals surface area contributed by atoms with E-state index < -0.39 is 5.79 Å². The van der Waals surface area contributed by atoms with Gasteiger partial charge in [0.05, 0.1) is 13.2 Å². The minimum Gasteiger partial charge on any atom is -0.344 e. The zero-order valence-corrected chi connectivity index (χ0v) is 7.99. The molecule has 76 valence electrons. The van der Waals surface area contributed by atoms with Crippen molar-refractivity contribution in [2.24, 2.45) is 5.84 Å². The summed E-state index contributed by atoms with van der Waals surface area (Å²) in [5.41, 5.74) is 3.40. The van der Waals surface area contributed by atoms with Crippen molar-refractivity contribution in [3.63, 3.8) is 0 Å². The average Bonchev–Trinajstić information content (AvgIpc) is 2.67. The highest BCUT2D eigenvalue weighted by atomic mass is 16.7. The first kappa shape index (κ1) is 9.39. The minimum atomic E-state index is -0.658. The maximum atomic E-state index is 5.51. The molecule has 1 aromatic rings. The van der Waals surface area contributed by atoms with Gasteiger partial charge < -0.3 is 14.9 Å². The van der Waals surface area contributed by atoms with E-state index in [-0.39, 0.29) is 0 Å². The summed E-state index contributed by atoms with van der Waals surface area (Å²) in [4.78, 5) is 4.01. The van der Waals surface area contributed by atoms with Gasteiger partial charge in [0.25, 0.3) is 0 Å². The summed E-state index contributed by atoms with van der Waals surface area (Å²) in [6.07, 6.45) is 1.67. The quantitative estimate of drug-likeness (QED) is 0.534. The molecule has 1 aromatic heterocycles. The summed E-state index contributed by atoms with van der Waals surface area (Å²) < 4.78 is 11.0. The van der Waals surface area contributed by atoms with E-state index in [1.54, 1.807) is 6.20 Å². The molecule has 0 atom stereocenters. The number of aromatic nitrogens is 1. The van der Waals surface area contributed by atoms with Crippen LogP contribution in [0.2, 0.25) is 0 Å². The first-order valence-corrected chi connectivity index (χ1v) is 4.46. The van der Waals surface area contributed by atoms with Crippen molar-refractivity contribution >= 4 is 5.82 Å². The summed E-state index contributed by atoms with van der Waals surface area (Å²) >= 11 is 0. The van der Waals surface area contributed by atoms with Crippen LogP contribution in [0.15, 0.2) is 18.3 Å². The molecule has 0 unspecified atom stereocenters. The number of hydrogen-bond donors (Lipinski definition) is 2. The van der Waals surface area contributed by atoms with Crippen molar-refractivity contribution in [3.8, 4) is 0 Å². The maximum absolute atomic E-state index is 5.51. The van der Waals surface area contributed by atoms with Crippen molar-refractivity contribution in [1.82, 2.24) is 4.98 Å². The van der Waals surface area contributed by atoms with Crippen molar-refractivity contribution < 1.29 is 9.47 Å². The van der Waals surface area contributed by atoms with Crippen molar-refractivity contribution in [3.05, 3.63) is 23.9 Å². The van der Waals surface area contributed by atoms with Crippen LogP contribution in [0.5, 0.6) is 0 Å². The van der Waals surface area contributed by atoms with E-state index in [1.165, 1.54) is 0 Å². The number of hydrazine groups is 1. The zero-order valence-electron chi connectivity index (χ0n) is 7.99. The molecule has 0 aliphatic carbocycles. The Hall–Kier alpha value is -1.17. The van der Waals surface area contributed by atoms with Gasteiger partial charge in [0, 0.05) is 11.8 Å². The Bertz CT molecular complexity index is 324. The van der Waals surface area contributed by atoms with Crippen molar-refractivity contribution in [2.75, 3.05) is 18.6 Å². The highest BCUT2D eigenvalue weighted by Gasteiger charge is 2.33. The summed E-state index contributed by atoms with van der Waals surface area (Å²) in [6, 6.07) is 3.66. The van der Waals surface area contributed by atoms with Crippen LogP contribution in [0.1, 0.15) is 12.5 Å². The fraction of sp³-hybridized carbons (Fsp3) is 0.444. The third-order valence-corrected chi connectivity index (χ3v) is 2.27. The SMILES string of the molecule is CC1(c2ccnc(NN)c2)OCCO1. The lowest BCUT2D eigenvalue weighted by Crippen LogP contribution is -2.23. The van der Waals surface area contributed by atoms with Gasteiger partial charge >= 0.3 is 0 Å². The normalized spacial score (nSPS) is 19.6. The predicted molar refractivity (Wildman–Crippen MR) is 51.3 cm³/mol. The molecule has 0 radical (unpaired) electrons. The number of hydrogen-bond acceptors (Lipinski definition) is 5. The molecule has 1 saturated heterocycles. The van der Waals surface area contributed by atoms with Gasteiger partial charge in [0.15, 0.2) is 5.79 Å². The smallest absolute Gasteiger partial charge is 0.192 e. The predicted octanol–water partition coefficient (Wildman–Crippen LogP) is 0.587. The molecular formula is C9H13N3O2. The first-order valence-electron chi connectivity index (χ1n) is 4.46. The van der Waals surface area contributed by atoms with Gasteiger partial charge in [-0.3, -0.25) is 0 Å². The molecule has 1 aliphatic rings. The van der Waals surface area contributed by atoms with Gasteiger partial charge in [-0.1, -0.05) is 0 Å². The third-order valence-electron chi connectivity index (χ3n) is 2.27. The Labute approximate surface area is 82.2 Å². The Morgan fingerprint density at radius 1 is 1.50 bits per heavy atom. The summed E-state index contributed by atoms with van der Waals surface area (Å²) in [5, 5.41) is 0.